The molecule has 2 rings (SSSR count). The van der Waals surface area contributed by atoms with Crippen molar-refractivity contribution in [1.82, 2.24) is 15.3 Å². The lowest BCUT2D eigenvalue weighted by Crippen LogP contribution is -2.20. The average Bonchev–Trinajstić information content (AvgIpc) is 2.52. The normalized spacial score (nSPS) is 11.0. The van der Waals surface area contributed by atoms with E-state index in [1.165, 1.54) is 6.08 Å². The summed E-state index contributed by atoms with van der Waals surface area (Å²) >= 11 is 0. The van der Waals surface area contributed by atoms with Crippen molar-refractivity contribution in [3.63, 3.8) is 0 Å². The third-order valence-corrected chi connectivity index (χ3v) is 2.50. The maximum atomic E-state index is 11.6. The van der Waals surface area contributed by atoms with Gasteiger partial charge in [0.05, 0.1) is 0 Å². The molecule has 0 aliphatic heterocycles. The summed E-state index contributed by atoms with van der Waals surface area (Å²) in [7, 11) is 0. The van der Waals surface area contributed by atoms with Gasteiger partial charge in [-0.2, -0.15) is 0 Å². The number of aromatic nitrogens is 2. The molecule has 0 fully saturated rings. The lowest BCUT2D eigenvalue weighted by molar-refractivity contribution is -0.116. The Kier molecular flexibility index (Phi) is 5.22. The molecule has 0 aliphatic carbocycles. The molecular formula is C16H15N3O. The summed E-state index contributed by atoms with van der Waals surface area (Å²) < 4.78 is 0. The van der Waals surface area contributed by atoms with Crippen LogP contribution >= 0.6 is 0 Å². The van der Waals surface area contributed by atoms with Crippen LogP contribution in [0.5, 0.6) is 0 Å². The quantitative estimate of drug-likeness (QED) is 0.844. The fourth-order valence-electron chi connectivity index (χ4n) is 1.53. The molecule has 2 heterocycles. The van der Waals surface area contributed by atoms with Gasteiger partial charge in [0.1, 0.15) is 0 Å². The Morgan fingerprint density at radius 2 is 1.70 bits per heavy atom. The van der Waals surface area contributed by atoms with E-state index >= 15 is 0 Å². The largest absolute Gasteiger partial charge is 0.349 e. The zero-order valence-electron chi connectivity index (χ0n) is 10.9. The molecule has 0 spiro atoms. The van der Waals surface area contributed by atoms with Gasteiger partial charge in [0, 0.05) is 37.4 Å². The molecule has 1 N–H and O–H groups in total. The minimum Gasteiger partial charge on any atom is -0.349 e. The van der Waals surface area contributed by atoms with E-state index in [2.05, 4.69) is 15.3 Å². The van der Waals surface area contributed by atoms with E-state index in [9.17, 15) is 4.79 Å². The van der Waals surface area contributed by atoms with Crippen LogP contribution in [0.2, 0.25) is 0 Å². The highest BCUT2D eigenvalue weighted by molar-refractivity contribution is 5.91. The standard InChI is InChI=1S/C16H15N3O/c20-16(8-7-15-5-2-10-18-13-15)19-11-3-6-14-4-1-9-17-12-14/h1-10,12-13H,11H2,(H,19,20)/b6-3+,8-7+. The third-order valence-electron chi connectivity index (χ3n) is 2.50. The Labute approximate surface area is 117 Å². The van der Waals surface area contributed by atoms with E-state index < -0.39 is 0 Å². The summed E-state index contributed by atoms with van der Waals surface area (Å²) in [5.74, 6) is -0.135. The van der Waals surface area contributed by atoms with Crippen LogP contribution in [0.25, 0.3) is 12.2 Å². The first-order valence-electron chi connectivity index (χ1n) is 6.27. The van der Waals surface area contributed by atoms with E-state index in [0.29, 0.717) is 6.54 Å². The zero-order valence-corrected chi connectivity index (χ0v) is 10.9. The number of amides is 1. The lowest BCUT2D eigenvalue weighted by Gasteiger charge is -1.97. The van der Waals surface area contributed by atoms with E-state index in [4.69, 9.17) is 0 Å². The van der Waals surface area contributed by atoms with Crippen LogP contribution in [-0.4, -0.2) is 22.4 Å². The Morgan fingerprint density at radius 3 is 2.30 bits per heavy atom. The average molecular weight is 265 g/mol. The van der Waals surface area contributed by atoms with Crippen molar-refractivity contribution in [2.45, 2.75) is 0 Å². The topological polar surface area (TPSA) is 54.9 Å². The monoisotopic (exact) mass is 265 g/mol. The van der Waals surface area contributed by atoms with Crippen LogP contribution in [0.1, 0.15) is 11.1 Å². The number of hydrogen-bond donors (Lipinski definition) is 1. The van der Waals surface area contributed by atoms with Crippen LogP contribution in [0.3, 0.4) is 0 Å². The van der Waals surface area contributed by atoms with Crippen molar-refractivity contribution < 1.29 is 4.79 Å². The Balaban J connectivity index is 1.76. The molecule has 4 heteroatoms. The first-order valence-corrected chi connectivity index (χ1v) is 6.27. The molecule has 1 amide bonds. The van der Waals surface area contributed by atoms with Gasteiger partial charge in [-0.05, 0) is 29.3 Å². The molecule has 0 atom stereocenters. The van der Waals surface area contributed by atoms with Crippen LogP contribution in [0, 0.1) is 0 Å². The van der Waals surface area contributed by atoms with Crippen molar-refractivity contribution in [2.24, 2.45) is 0 Å². The number of nitrogens with zero attached hydrogens (tertiary/aromatic N) is 2. The van der Waals surface area contributed by atoms with Gasteiger partial charge in [0.2, 0.25) is 5.91 Å². The highest BCUT2D eigenvalue weighted by atomic mass is 16.1. The van der Waals surface area contributed by atoms with Crippen molar-refractivity contribution in [3.8, 4) is 0 Å². The zero-order chi connectivity index (χ0) is 14.0. The van der Waals surface area contributed by atoms with E-state index in [0.717, 1.165) is 11.1 Å². The predicted molar refractivity (Wildman–Crippen MR) is 79.6 cm³/mol. The van der Waals surface area contributed by atoms with E-state index in [1.807, 2.05) is 36.4 Å². The first-order chi connectivity index (χ1) is 9.84. The summed E-state index contributed by atoms with van der Waals surface area (Å²) in [5, 5.41) is 2.77. The summed E-state index contributed by atoms with van der Waals surface area (Å²) in [6.07, 6.45) is 13.9. The molecule has 0 saturated carbocycles. The molecule has 2 aromatic heterocycles. The van der Waals surface area contributed by atoms with Crippen molar-refractivity contribution in [2.75, 3.05) is 6.54 Å². The number of carbonyl (C=O) groups is 1. The number of carbonyl (C=O) groups excluding carboxylic acids is 1. The number of nitrogens with one attached hydrogen (secondary N) is 1. The summed E-state index contributed by atoms with van der Waals surface area (Å²) in [6, 6.07) is 7.54. The van der Waals surface area contributed by atoms with Crippen molar-refractivity contribution in [1.29, 1.82) is 0 Å². The molecule has 100 valence electrons. The molecule has 0 radical (unpaired) electrons. The summed E-state index contributed by atoms with van der Waals surface area (Å²) in [5.41, 5.74) is 1.90. The molecule has 0 saturated heterocycles. The minimum atomic E-state index is -0.135. The molecule has 2 aromatic rings. The Hall–Kier alpha value is -2.75. The minimum absolute atomic E-state index is 0.135. The summed E-state index contributed by atoms with van der Waals surface area (Å²) in [4.78, 5) is 19.5. The SMILES string of the molecule is O=C(/C=C/c1cccnc1)NC/C=C/c1cccnc1. The lowest BCUT2D eigenvalue weighted by atomic mass is 10.2. The number of pyridine rings is 2. The third kappa shape index (κ3) is 4.86. The van der Waals surface area contributed by atoms with Crippen LogP contribution in [-0.2, 0) is 4.79 Å². The van der Waals surface area contributed by atoms with E-state index in [1.54, 1.807) is 30.9 Å². The molecule has 20 heavy (non-hydrogen) atoms. The predicted octanol–water partition coefficient (Wildman–Crippen LogP) is 2.32. The maximum Gasteiger partial charge on any atom is 0.244 e. The van der Waals surface area contributed by atoms with Crippen LogP contribution in [0.4, 0.5) is 0 Å². The second-order valence-electron chi connectivity index (χ2n) is 4.05. The molecule has 0 unspecified atom stereocenters. The maximum absolute atomic E-state index is 11.6. The number of rotatable bonds is 5. The van der Waals surface area contributed by atoms with Gasteiger partial charge < -0.3 is 5.32 Å². The van der Waals surface area contributed by atoms with Crippen LogP contribution < -0.4 is 5.32 Å². The van der Waals surface area contributed by atoms with Gasteiger partial charge >= 0.3 is 0 Å². The Morgan fingerprint density at radius 1 is 1.05 bits per heavy atom. The van der Waals surface area contributed by atoms with E-state index in [-0.39, 0.29) is 5.91 Å². The van der Waals surface area contributed by atoms with Crippen molar-refractivity contribution in [3.05, 3.63) is 72.3 Å². The highest BCUT2D eigenvalue weighted by Gasteiger charge is 1.92. The molecule has 0 bridgehead atoms. The smallest absolute Gasteiger partial charge is 0.244 e. The molecule has 0 aliphatic rings. The molecule has 4 nitrogen and oxygen atoms in total. The van der Waals surface area contributed by atoms with Gasteiger partial charge in [0.25, 0.3) is 0 Å². The second-order valence-corrected chi connectivity index (χ2v) is 4.05. The van der Waals surface area contributed by atoms with Gasteiger partial charge in [-0.25, -0.2) is 0 Å². The fourth-order valence-corrected chi connectivity index (χ4v) is 1.53. The van der Waals surface area contributed by atoms with Gasteiger partial charge in [0.15, 0.2) is 0 Å². The summed E-state index contributed by atoms with van der Waals surface area (Å²) in [6.45, 7) is 0.477. The van der Waals surface area contributed by atoms with Crippen molar-refractivity contribution >= 4 is 18.1 Å². The highest BCUT2D eigenvalue weighted by Crippen LogP contribution is 1.99. The Bertz CT molecular complexity index is 592. The van der Waals surface area contributed by atoms with Gasteiger partial charge in [-0.3, -0.25) is 14.8 Å². The fraction of sp³-hybridized carbons (Fsp3) is 0.0625. The molecular weight excluding hydrogens is 250 g/mol. The molecule has 0 aromatic carbocycles. The second kappa shape index (κ2) is 7.63. The van der Waals surface area contributed by atoms with Gasteiger partial charge in [-0.1, -0.05) is 24.3 Å². The van der Waals surface area contributed by atoms with Crippen LogP contribution in [0.15, 0.2) is 61.2 Å². The first kappa shape index (κ1) is 13.7. The van der Waals surface area contributed by atoms with Gasteiger partial charge in [-0.15, -0.1) is 0 Å². The number of hydrogen-bond acceptors (Lipinski definition) is 3.